The van der Waals surface area contributed by atoms with Crippen LogP contribution in [0, 0.1) is 0 Å². The molecule has 0 atom stereocenters. The Bertz CT molecular complexity index is 963. The van der Waals surface area contributed by atoms with Crippen LogP contribution in [-0.4, -0.2) is 60.1 Å². The van der Waals surface area contributed by atoms with Gasteiger partial charge in [-0.15, -0.1) is 0 Å². The van der Waals surface area contributed by atoms with Crippen LogP contribution in [0.4, 0.5) is 10.5 Å². The summed E-state index contributed by atoms with van der Waals surface area (Å²) >= 11 is 0. The molecule has 0 fully saturated rings. The van der Waals surface area contributed by atoms with Crippen molar-refractivity contribution in [2.75, 3.05) is 46.1 Å². The van der Waals surface area contributed by atoms with Crippen molar-refractivity contribution in [3.8, 4) is 17.2 Å². The first-order chi connectivity index (χ1) is 14.3. The van der Waals surface area contributed by atoms with E-state index < -0.39 is 10.1 Å². The van der Waals surface area contributed by atoms with E-state index in [9.17, 15) is 13.2 Å². The number of urea groups is 1. The maximum Gasteiger partial charge on any atom is 0.322 e. The number of anilines is 1. The number of carbonyl (C=O) groups excluding carboxylic acids is 1. The molecule has 164 valence electrons. The molecule has 0 aliphatic rings. The van der Waals surface area contributed by atoms with Crippen molar-refractivity contribution < 1.29 is 31.6 Å². The summed E-state index contributed by atoms with van der Waals surface area (Å²) < 4.78 is 43.2. The molecule has 0 aliphatic carbocycles. The highest BCUT2D eigenvalue weighted by Crippen LogP contribution is 2.29. The third kappa shape index (κ3) is 7.12. The molecule has 0 spiro atoms. The lowest BCUT2D eigenvalue weighted by molar-refractivity contribution is 0.152. The van der Waals surface area contributed by atoms with E-state index in [-0.39, 0.29) is 18.3 Å². The summed E-state index contributed by atoms with van der Waals surface area (Å²) in [5, 5.41) is 2.82. The van der Waals surface area contributed by atoms with Gasteiger partial charge >= 0.3 is 16.1 Å². The van der Waals surface area contributed by atoms with Crippen LogP contribution < -0.4 is 19.0 Å². The van der Waals surface area contributed by atoms with Crippen LogP contribution in [0.25, 0.3) is 0 Å². The molecule has 2 amide bonds. The summed E-state index contributed by atoms with van der Waals surface area (Å²) in [4.78, 5) is 14.4. The van der Waals surface area contributed by atoms with Crippen molar-refractivity contribution >= 4 is 21.8 Å². The summed E-state index contributed by atoms with van der Waals surface area (Å²) in [6, 6.07) is 11.2. The van der Waals surface area contributed by atoms with E-state index in [2.05, 4.69) is 5.32 Å². The van der Waals surface area contributed by atoms with Gasteiger partial charge in [-0.2, -0.15) is 8.42 Å². The highest BCUT2D eigenvalue weighted by molar-refractivity contribution is 7.86. The van der Waals surface area contributed by atoms with E-state index in [1.54, 1.807) is 50.6 Å². The lowest BCUT2D eigenvalue weighted by atomic mass is 10.2. The minimum atomic E-state index is -3.64. The van der Waals surface area contributed by atoms with Crippen LogP contribution in [0.2, 0.25) is 0 Å². The maximum absolute atomic E-state index is 12.9. The van der Waals surface area contributed by atoms with Gasteiger partial charge in [-0.05, 0) is 29.8 Å². The fourth-order valence-electron chi connectivity index (χ4n) is 2.64. The highest BCUT2D eigenvalue weighted by Gasteiger charge is 2.17. The average Bonchev–Trinajstić information content (AvgIpc) is 2.70. The fourth-order valence-corrected chi connectivity index (χ4v) is 3.09. The van der Waals surface area contributed by atoms with Gasteiger partial charge in [0.05, 0.1) is 32.8 Å². The molecule has 30 heavy (non-hydrogen) atoms. The molecule has 0 heterocycles. The van der Waals surface area contributed by atoms with Gasteiger partial charge in [-0.25, -0.2) is 4.79 Å². The van der Waals surface area contributed by atoms with Crippen LogP contribution in [0.15, 0.2) is 42.5 Å². The van der Waals surface area contributed by atoms with E-state index in [4.69, 9.17) is 18.4 Å². The Kier molecular flexibility index (Phi) is 8.31. The lowest BCUT2D eigenvalue weighted by Gasteiger charge is -2.24. The molecular formula is C20H26N2O7S. The molecule has 0 saturated heterocycles. The number of carbonyl (C=O) groups is 1. The van der Waals surface area contributed by atoms with Crippen molar-refractivity contribution in [1.82, 2.24) is 4.90 Å². The summed E-state index contributed by atoms with van der Waals surface area (Å²) in [6.07, 6.45) is 0.972. The number of nitrogens with zero attached hydrogens (tertiary/aromatic N) is 1. The first-order valence-corrected chi connectivity index (χ1v) is 10.8. The van der Waals surface area contributed by atoms with Gasteiger partial charge in [0.25, 0.3) is 0 Å². The summed E-state index contributed by atoms with van der Waals surface area (Å²) in [5.74, 6) is 1.24. The second kappa shape index (κ2) is 10.7. The summed E-state index contributed by atoms with van der Waals surface area (Å²) in [7, 11) is 0.944. The predicted octanol–water partition coefficient (Wildman–Crippen LogP) is 2.72. The fraction of sp³-hybridized carbons (Fsp3) is 0.350. The second-order valence-electron chi connectivity index (χ2n) is 6.35. The molecule has 2 aromatic carbocycles. The third-order valence-electron chi connectivity index (χ3n) is 4.02. The maximum atomic E-state index is 12.9. The Hall–Kier alpha value is -2.98. The molecule has 0 aliphatic heterocycles. The zero-order chi connectivity index (χ0) is 22.1. The van der Waals surface area contributed by atoms with Crippen LogP contribution in [-0.2, 0) is 21.4 Å². The number of methoxy groups -OCH3 is 3. The quantitative estimate of drug-likeness (QED) is 0.569. The molecular weight excluding hydrogens is 412 g/mol. The van der Waals surface area contributed by atoms with Crippen LogP contribution in [0.3, 0.4) is 0 Å². The van der Waals surface area contributed by atoms with Crippen molar-refractivity contribution in [2.45, 2.75) is 6.54 Å². The van der Waals surface area contributed by atoms with Crippen molar-refractivity contribution in [1.29, 1.82) is 0 Å². The molecule has 9 nitrogen and oxygen atoms in total. The third-order valence-corrected chi connectivity index (χ3v) is 4.52. The number of nitrogens with one attached hydrogen (secondary N) is 1. The van der Waals surface area contributed by atoms with E-state index >= 15 is 0 Å². The Morgan fingerprint density at radius 1 is 1.03 bits per heavy atom. The van der Waals surface area contributed by atoms with Gasteiger partial charge in [-0.1, -0.05) is 12.1 Å². The number of ether oxygens (including phenoxy) is 3. The predicted molar refractivity (Wildman–Crippen MR) is 113 cm³/mol. The second-order valence-corrected chi connectivity index (χ2v) is 7.92. The smallest absolute Gasteiger partial charge is 0.322 e. The van der Waals surface area contributed by atoms with Gasteiger partial charge in [0.2, 0.25) is 0 Å². The van der Waals surface area contributed by atoms with Gasteiger partial charge in [-0.3, -0.25) is 0 Å². The molecule has 0 bridgehead atoms. The first-order valence-electron chi connectivity index (χ1n) is 9.01. The van der Waals surface area contributed by atoms with Crippen molar-refractivity contribution in [2.24, 2.45) is 0 Å². The van der Waals surface area contributed by atoms with E-state index in [1.165, 1.54) is 18.1 Å². The largest absolute Gasteiger partial charge is 0.497 e. The topological polar surface area (TPSA) is 103 Å². The van der Waals surface area contributed by atoms with E-state index in [1.807, 2.05) is 0 Å². The Labute approximate surface area is 176 Å². The van der Waals surface area contributed by atoms with Gasteiger partial charge in [0, 0.05) is 26.3 Å². The van der Waals surface area contributed by atoms with Gasteiger partial charge in [0.1, 0.15) is 17.2 Å². The molecule has 1 N–H and O–H groups in total. The van der Waals surface area contributed by atoms with Crippen molar-refractivity contribution in [3.63, 3.8) is 0 Å². The number of amides is 2. The summed E-state index contributed by atoms with van der Waals surface area (Å²) in [5.41, 5.74) is 1.18. The number of benzene rings is 2. The highest BCUT2D eigenvalue weighted by atomic mass is 32.2. The molecule has 2 aromatic rings. The molecule has 0 radical (unpaired) electrons. The monoisotopic (exact) mass is 438 g/mol. The number of hydrogen-bond acceptors (Lipinski definition) is 7. The minimum absolute atomic E-state index is 0.180. The molecule has 10 heteroatoms. The number of rotatable bonds is 10. The molecule has 0 saturated carbocycles. The first kappa shape index (κ1) is 23.3. The van der Waals surface area contributed by atoms with Crippen molar-refractivity contribution in [3.05, 3.63) is 48.0 Å². The Morgan fingerprint density at radius 3 is 2.43 bits per heavy atom. The molecule has 0 aromatic heterocycles. The average molecular weight is 439 g/mol. The summed E-state index contributed by atoms with van der Waals surface area (Å²) in [6.45, 7) is 0.860. The molecule has 0 unspecified atom stereocenters. The van der Waals surface area contributed by atoms with E-state index in [0.717, 1.165) is 6.26 Å². The van der Waals surface area contributed by atoms with Crippen LogP contribution in [0.5, 0.6) is 17.2 Å². The zero-order valence-electron chi connectivity index (χ0n) is 17.4. The normalized spacial score (nSPS) is 10.9. The van der Waals surface area contributed by atoms with Gasteiger partial charge < -0.3 is 28.6 Å². The SMILES string of the molecule is COCCN(Cc1cccc(OS(C)(=O)=O)c1)C(=O)Nc1ccc(OC)cc1OC. The minimum Gasteiger partial charge on any atom is -0.497 e. The standard InChI is InChI=1S/C20H26N2O7S/c1-26-11-10-22(14-15-6-5-7-17(12-15)29-30(4,24)25)20(23)21-18-9-8-16(27-2)13-19(18)28-3/h5-9,12-13H,10-11,14H2,1-4H3,(H,21,23). The number of hydrogen-bond donors (Lipinski definition) is 1. The van der Waals surface area contributed by atoms with Crippen LogP contribution >= 0.6 is 0 Å². The Morgan fingerprint density at radius 2 is 1.80 bits per heavy atom. The lowest BCUT2D eigenvalue weighted by Crippen LogP contribution is -2.37. The molecule has 2 rings (SSSR count). The van der Waals surface area contributed by atoms with E-state index in [0.29, 0.717) is 35.9 Å². The van der Waals surface area contributed by atoms with Gasteiger partial charge in [0.15, 0.2) is 0 Å². The Balaban J connectivity index is 2.19. The zero-order valence-corrected chi connectivity index (χ0v) is 18.2. The van der Waals surface area contributed by atoms with Crippen LogP contribution in [0.1, 0.15) is 5.56 Å².